The predicted molar refractivity (Wildman–Crippen MR) is 72.7 cm³/mol. The average molecular weight is 256 g/mol. The van der Waals surface area contributed by atoms with E-state index >= 15 is 0 Å². The molecule has 0 spiro atoms. The molecule has 0 fully saturated rings. The normalized spacial score (nSPS) is 16.2. The van der Waals surface area contributed by atoms with Gasteiger partial charge in [-0.15, -0.1) is 0 Å². The van der Waals surface area contributed by atoms with E-state index in [9.17, 15) is 8.42 Å². The molecule has 1 heterocycles. The lowest BCUT2D eigenvalue weighted by Gasteiger charge is -2.06. The molecule has 0 radical (unpaired) electrons. The van der Waals surface area contributed by atoms with Gasteiger partial charge in [0.2, 0.25) is 9.84 Å². The molecule has 0 unspecified atom stereocenters. The molecule has 3 rings (SSSR count). The summed E-state index contributed by atoms with van der Waals surface area (Å²) < 4.78 is 24.9. The fraction of sp³-hybridized carbons (Fsp3) is 0.0667. The van der Waals surface area contributed by atoms with E-state index in [0.29, 0.717) is 9.80 Å². The van der Waals surface area contributed by atoms with Crippen LogP contribution in [0.3, 0.4) is 0 Å². The van der Waals surface area contributed by atoms with Crippen LogP contribution in [-0.2, 0) is 9.84 Å². The first-order valence-corrected chi connectivity index (χ1v) is 7.21. The first-order valence-electron chi connectivity index (χ1n) is 5.72. The number of hydrogen-bond donors (Lipinski definition) is 0. The molecule has 0 N–H and O–H groups in total. The Balaban J connectivity index is 2.27. The molecule has 0 bridgehead atoms. The molecule has 0 saturated heterocycles. The highest BCUT2D eigenvalue weighted by molar-refractivity contribution is 8.01. The van der Waals surface area contributed by atoms with Gasteiger partial charge in [0.15, 0.2) is 0 Å². The first-order chi connectivity index (χ1) is 8.60. The van der Waals surface area contributed by atoms with Crippen molar-refractivity contribution in [3.8, 4) is 0 Å². The summed E-state index contributed by atoms with van der Waals surface area (Å²) in [6, 6.07) is 14.6. The van der Waals surface area contributed by atoms with Crippen LogP contribution < -0.4 is 0 Å². The molecule has 90 valence electrons. The van der Waals surface area contributed by atoms with Gasteiger partial charge in [-0.2, -0.15) is 0 Å². The standard InChI is InChI=1S/C15H12O2S/c1-11-6-2-4-8-13(11)15-10-12-7-3-5-9-14(12)18(15,16)17/h2-10H,1H3. The second kappa shape index (κ2) is 3.82. The summed E-state index contributed by atoms with van der Waals surface area (Å²) in [5.41, 5.74) is 2.53. The summed E-state index contributed by atoms with van der Waals surface area (Å²) in [5, 5.41) is 0. The van der Waals surface area contributed by atoms with Crippen molar-refractivity contribution < 1.29 is 8.42 Å². The third-order valence-electron chi connectivity index (χ3n) is 3.20. The minimum Gasteiger partial charge on any atom is -0.218 e. The molecule has 1 aliphatic heterocycles. The summed E-state index contributed by atoms with van der Waals surface area (Å²) in [5.74, 6) is 0. The third-order valence-corrected chi connectivity index (χ3v) is 5.06. The van der Waals surface area contributed by atoms with E-state index in [1.807, 2.05) is 43.3 Å². The van der Waals surface area contributed by atoms with Crippen molar-refractivity contribution in [2.24, 2.45) is 0 Å². The summed E-state index contributed by atoms with van der Waals surface area (Å²) in [6.45, 7) is 1.93. The largest absolute Gasteiger partial charge is 0.218 e. The highest BCUT2D eigenvalue weighted by Crippen LogP contribution is 2.39. The van der Waals surface area contributed by atoms with E-state index in [0.717, 1.165) is 16.7 Å². The van der Waals surface area contributed by atoms with Crippen LogP contribution in [0.1, 0.15) is 16.7 Å². The Labute approximate surface area is 107 Å². The Kier molecular flexibility index (Phi) is 2.38. The maximum atomic E-state index is 12.5. The molecule has 1 aliphatic rings. The van der Waals surface area contributed by atoms with E-state index in [2.05, 4.69) is 0 Å². The van der Waals surface area contributed by atoms with E-state index in [4.69, 9.17) is 0 Å². The van der Waals surface area contributed by atoms with Gasteiger partial charge in [-0.05, 0) is 35.8 Å². The second-order valence-electron chi connectivity index (χ2n) is 4.36. The van der Waals surface area contributed by atoms with Crippen LogP contribution in [-0.4, -0.2) is 8.42 Å². The van der Waals surface area contributed by atoms with Crippen molar-refractivity contribution in [1.29, 1.82) is 0 Å². The number of benzene rings is 2. The van der Waals surface area contributed by atoms with E-state index in [1.165, 1.54) is 0 Å². The number of rotatable bonds is 1. The van der Waals surface area contributed by atoms with Crippen LogP contribution in [0.15, 0.2) is 53.4 Å². The Morgan fingerprint density at radius 2 is 1.56 bits per heavy atom. The number of hydrogen-bond acceptors (Lipinski definition) is 2. The zero-order valence-electron chi connectivity index (χ0n) is 9.92. The SMILES string of the molecule is Cc1ccccc1C1=Cc2ccccc2S1(=O)=O. The van der Waals surface area contributed by atoms with Gasteiger partial charge in [-0.25, -0.2) is 8.42 Å². The van der Waals surface area contributed by atoms with Crippen molar-refractivity contribution in [3.05, 3.63) is 65.2 Å². The highest BCUT2D eigenvalue weighted by Gasteiger charge is 2.30. The molecule has 0 aromatic heterocycles. The number of sulfone groups is 1. The van der Waals surface area contributed by atoms with Crippen LogP contribution in [0.4, 0.5) is 0 Å². The van der Waals surface area contributed by atoms with Crippen molar-refractivity contribution in [3.63, 3.8) is 0 Å². The Bertz CT molecular complexity index is 756. The van der Waals surface area contributed by atoms with Crippen molar-refractivity contribution in [1.82, 2.24) is 0 Å². The summed E-state index contributed by atoms with van der Waals surface area (Å²) in [4.78, 5) is 0.810. The van der Waals surface area contributed by atoms with Crippen LogP contribution in [0.2, 0.25) is 0 Å². The van der Waals surface area contributed by atoms with Gasteiger partial charge in [0.05, 0.1) is 9.80 Å². The fourth-order valence-electron chi connectivity index (χ4n) is 2.25. The van der Waals surface area contributed by atoms with E-state index in [-0.39, 0.29) is 0 Å². The van der Waals surface area contributed by atoms with Crippen LogP contribution in [0.25, 0.3) is 11.0 Å². The molecule has 2 aromatic rings. The van der Waals surface area contributed by atoms with Crippen molar-refractivity contribution >= 4 is 20.8 Å². The lowest BCUT2D eigenvalue weighted by atomic mass is 10.1. The summed E-state index contributed by atoms with van der Waals surface area (Å²) in [7, 11) is -3.36. The van der Waals surface area contributed by atoms with Crippen molar-refractivity contribution in [2.75, 3.05) is 0 Å². The van der Waals surface area contributed by atoms with Gasteiger partial charge in [-0.3, -0.25) is 0 Å². The molecule has 18 heavy (non-hydrogen) atoms. The number of fused-ring (bicyclic) bond motifs is 1. The molecular formula is C15H12O2S. The topological polar surface area (TPSA) is 34.1 Å². The maximum absolute atomic E-state index is 12.5. The molecule has 2 aromatic carbocycles. The smallest absolute Gasteiger partial charge is 0.207 e. The van der Waals surface area contributed by atoms with E-state index in [1.54, 1.807) is 18.2 Å². The van der Waals surface area contributed by atoms with Crippen LogP contribution in [0.5, 0.6) is 0 Å². The van der Waals surface area contributed by atoms with Gasteiger partial charge in [-0.1, -0.05) is 42.5 Å². The van der Waals surface area contributed by atoms with E-state index < -0.39 is 9.84 Å². The molecule has 2 nitrogen and oxygen atoms in total. The molecular weight excluding hydrogens is 244 g/mol. The molecule has 0 aliphatic carbocycles. The zero-order valence-corrected chi connectivity index (χ0v) is 10.7. The quantitative estimate of drug-likeness (QED) is 0.784. The molecule has 0 amide bonds. The van der Waals surface area contributed by atoms with Crippen molar-refractivity contribution in [2.45, 2.75) is 11.8 Å². The number of aryl methyl sites for hydroxylation is 1. The van der Waals surface area contributed by atoms with Gasteiger partial charge < -0.3 is 0 Å². The van der Waals surface area contributed by atoms with Crippen LogP contribution in [0, 0.1) is 6.92 Å². The molecule has 0 atom stereocenters. The fourth-order valence-corrected chi connectivity index (χ4v) is 3.99. The maximum Gasteiger partial charge on any atom is 0.207 e. The Hall–Kier alpha value is -1.87. The predicted octanol–water partition coefficient (Wildman–Crippen LogP) is 3.28. The van der Waals surface area contributed by atoms with Gasteiger partial charge in [0.25, 0.3) is 0 Å². The zero-order chi connectivity index (χ0) is 12.8. The summed E-state index contributed by atoms with van der Waals surface area (Å²) in [6.07, 6.45) is 1.76. The molecule has 0 saturated carbocycles. The van der Waals surface area contributed by atoms with Gasteiger partial charge in [0.1, 0.15) is 0 Å². The highest BCUT2D eigenvalue weighted by atomic mass is 32.2. The van der Waals surface area contributed by atoms with Gasteiger partial charge >= 0.3 is 0 Å². The lowest BCUT2D eigenvalue weighted by molar-refractivity contribution is 0.606. The van der Waals surface area contributed by atoms with Gasteiger partial charge in [0, 0.05) is 0 Å². The first kappa shape index (κ1) is 11.2. The summed E-state index contributed by atoms with van der Waals surface area (Å²) >= 11 is 0. The average Bonchev–Trinajstić information content (AvgIpc) is 2.63. The molecule has 3 heteroatoms. The lowest BCUT2D eigenvalue weighted by Crippen LogP contribution is -2.01. The Morgan fingerprint density at radius 3 is 2.28 bits per heavy atom. The minimum atomic E-state index is -3.36. The monoisotopic (exact) mass is 256 g/mol. The second-order valence-corrected chi connectivity index (χ2v) is 6.25. The third kappa shape index (κ3) is 1.51. The Morgan fingerprint density at radius 1 is 0.889 bits per heavy atom. The minimum absolute atomic E-state index is 0.404. The van der Waals surface area contributed by atoms with Crippen LogP contribution >= 0.6 is 0 Å².